The first-order valence-electron chi connectivity index (χ1n) is 11.1. The summed E-state index contributed by atoms with van der Waals surface area (Å²) in [7, 11) is 3.20. The summed E-state index contributed by atoms with van der Waals surface area (Å²) in [5, 5.41) is 6.39. The molecule has 1 heterocycles. The van der Waals surface area contributed by atoms with Crippen molar-refractivity contribution in [2.75, 3.05) is 14.2 Å². The summed E-state index contributed by atoms with van der Waals surface area (Å²) in [6, 6.07) is 20.0. The molecule has 0 bridgehead atoms. The highest BCUT2D eigenvalue weighted by atomic mass is 35.5. The van der Waals surface area contributed by atoms with Gasteiger partial charge in [0.25, 0.3) is 11.7 Å². The van der Waals surface area contributed by atoms with E-state index in [1.165, 1.54) is 0 Å². The van der Waals surface area contributed by atoms with E-state index in [1.54, 1.807) is 20.3 Å². The van der Waals surface area contributed by atoms with Crippen LogP contribution >= 0.6 is 23.2 Å². The molecule has 3 aromatic rings. The first kappa shape index (κ1) is 24.2. The number of Topliss-reactive ketones (excluding diaryl/α,β-unsaturated/α-hetero) is 1. The molecular weight excluding hydrogens is 471 g/mol. The Hall–Kier alpha value is -2.89. The van der Waals surface area contributed by atoms with Crippen LogP contribution in [0.25, 0.3) is 0 Å². The number of carbonyl (C=O) groups excluding carboxylic acids is 1. The van der Waals surface area contributed by atoms with Crippen molar-refractivity contribution in [2.45, 2.75) is 31.8 Å². The molecule has 1 unspecified atom stereocenters. The van der Waals surface area contributed by atoms with Crippen LogP contribution in [0.4, 0.5) is 5.69 Å². The van der Waals surface area contributed by atoms with E-state index in [1.807, 2.05) is 79.2 Å². The predicted molar refractivity (Wildman–Crippen MR) is 134 cm³/mol. The molecule has 3 atom stereocenters. The second-order valence-corrected chi connectivity index (χ2v) is 9.45. The Morgan fingerprint density at radius 2 is 1.47 bits per heavy atom. The van der Waals surface area contributed by atoms with Crippen LogP contribution in [0.1, 0.15) is 36.9 Å². The molecule has 0 aliphatic carbocycles. The topological polar surface area (TPSA) is 50.9 Å². The monoisotopic (exact) mass is 497 g/mol. The van der Waals surface area contributed by atoms with Gasteiger partial charge in [-0.15, -0.1) is 0 Å². The van der Waals surface area contributed by atoms with Crippen molar-refractivity contribution >= 4 is 34.7 Å². The van der Waals surface area contributed by atoms with Gasteiger partial charge in [-0.1, -0.05) is 66.0 Å². The van der Waals surface area contributed by atoms with E-state index < -0.39 is 6.04 Å². The maximum Gasteiger partial charge on any atom is 0.274 e. The zero-order chi connectivity index (χ0) is 24.4. The molecule has 0 radical (unpaired) electrons. The third-order valence-corrected chi connectivity index (χ3v) is 6.66. The highest BCUT2D eigenvalue weighted by molar-refractivity contribution is 6.30. The van der Waals surface area contributed by atoms with Gasteiger partial charge in [0.15, 0.2) is 11.8 Å². The SMILES string of the molecule is COc1ccc([N+]2=N[C@H](c3ccc(Cl)cc3)[C@H](c3ccc(Cl)cc3)C2C(=O)C(C)C)c(OC)c1. The van der Waals surface area contributed by atoms with Gasteiger partial charge in [0.2, 0.25) is 5.78 Å². The van der Waals surface area contributed by atoms with Crippen LogP contribution < -0.4 is 9.47 Å². The fourth-order valence-electron chi connectivity index (χ4n) is 4.41. The van der Waals surface area contributed by atoms with Crippen LogP contribution in [0.2, 0.25) is 10.0 Å². The molecule has 0 saturated carbocycles. The van der Waals surface area contributed by atoms with Crippen LogP contribution in [0.15, 0.2) is 71.8 Å². The fraction of sp³-hybridized carbons (Fsp3) is 0.296. The largest absolute Gasteiger partial charge is 0.497 e. The number of hydrogen-bond donors (Lipinski definition) is 0. The van der Waals surface area contributed by atoms with Crippen LogP contribution in [-0.2, 0) is 4.79 Å². The standard InChI is InChI=1S/C27H27Cl2N2O3/c1-16(2)27(32)26-24(17-5-9-19(28)10-6-17)25(18-7-11-20(29)12-8-18)30-31(26)22-14-13-21(33-3)15-23(22)34-4/h5-16,24-26H,1-4H3/q+1/t24-,25+,26?/m0/s1. The first-order chi connectivity index (χ1) is 16.3. The lowest BCUT2D eigenvalue weighted by Crippen LogP contribution is -2.36. The fourth-order valence-corrected chi connectivity index (χ4v) is 4.66. The van der Waals surface area contributed by atoms with Crippen molar-refractivity contribution in [2.24, 2.45) is 11.0 Å². The molecule has 0 amide bonds. The molecule has 7 heteroatoms. The van der Waals surface area contributed by atoms with E-state index in [9.17, 15) is 4.79 Å². The lowest BCUT2D eigenvalue weighted by Gasteiger charge is -2.21. The number of rotatable bonds is 7. The molecular formula is C27H27Cl2N2O3+. The van der Waals surface area contributed by atoms with E-state index in [0.29, 0.717) is 27.2 Å². The predicted octanol–water partition coefficient (Wildman–Crippen LogP) is 7.24. The van der Waals surface area contributed by atoms with E-state index in [0.717, 1.165) is 11.1 Å². The maximum absolute atomic E-state index is 13.7. The second-order valence-electron chi connectivity index (χ2n) is 8.57. The van der Waals surface area contributed by atoms with Gasteiger partial charge in [0, 0.05) is 28.1 Å². The summed E-state index contributed by atoms with van der Waals surface area (Å²) in [5.74, 6) is 0.912. The van der Waals surface area contributed by atoms with Gasteiger partial charge in [0.05, 0.1) is 20.1 Å². The number of ketones is 1. The molecule has 176 valence electrons. The Bertz CT molecular complexity index is 1210. The highest BCUT2D eigenvalue weighted by Crippen LogP contribution is 2.48. The molecule has 0 spiro atoms. The van der Waals surface area contributed by atoms with E-state index in [-0.39, 0.29) is 23.7 Å². The number of methoxy groups -OCH3 is 2. The first-order valence-corrected chi connectivity index (χ1v) is 11.9. The third-order valence-electron chi connectivity index (χ3n) is 6.15. The van der Waals surface area contributed by atoms with Crippen molar-refractivity contribution in [3.63, 3.8) is 0 Å². The average Bonchev–Trinajstić information content (AvgIpc) is 3.24. The van der Waals surface area contributed by atoms with Gasteiger partial charge in [0.1, 0.15) is 5.75 Å². The van der Waals surface area contributed by atoms with Crippen molar-refractivity contribution in [3.05, 3.63) is 87.9 Å². The van der Waals surface area contributed by atoms with Gasteiger partial charge >= 0.3 is 0 Å². The summed E-state index contributed by atoms with van der Waals surface area (Å²) in [5.41, 5.74) is 2.67. The molecule has 0 saturated heterocycles. The molecule has 34 heavy (non-hydrogen) atoms. The summed E-state index contributed by atoms with van der Waals surface area (Å²) in [4.78, 5) is 13.7. The Morgan fingerprint density at radius 1 is 0.882 bits per heavy atom. The lowest BCUT2D eigenvalue weighted by atomic mass is 9.79. The van der Waals surface area contributed by atoms with Crippen LogP contribution in [0.5, 0.6) is 11.5 Å². The summed E-state index contributed by atoms with van der Waals surface area (Å²) in [6.45, 7) is 3.83. The normalized spacial score (nSPS) is 19.7. The summed E-state index contributed by atoms with van der Waals surface area (Å²) in [6.07, 6.45) is 0. The Morgan fingerprint density at radius 3 is 2.00 bits per heavy atom. The molecule has 5 nitrogen and oxygen atoms in total. The van der Waals surface area contributed by atoms with Crippen LogP contribution in [0, 0.1) is 5.92 Å². The van der Waals surface area contributed by atoms with Crippen molar-refractivity contribution in [3.8, 4) is 11.5 Å². The molecule has 4 rings (SSSR count). The maximum atomic E-state index is 13.7. The smallest absolute Gasteiger partial charge is 0.274 e. The quantitative estimate of drug-likeness (QED) is 0.323. The molecule has 1 aliphatic rings. The summed E-state index contributed by atoms with van der Waals surface area (Å²) >= 11 is 12.4. The van der Waals surface area contributed by atoms with Gasteiger partial charge in [-0.25, -0.2) is 0 Å². The van der Waals surface area contributed by atoms with Crippen molar-refractivity contribution in [1.82, 2.24) is 0 Å². The number of benzene rings is 3. The van der Waals surface area contributed by atoms with Gasteiger partial charge in [-0.05, 0) is 46.6 Å². The number of azo groups is 2. The molecule has 0 fully saturated rings. The van der Waals surface area contributed by atoms with Crippen molar-refractivity contribution in [1.29, 1.82) is 0 Å². The van der Waals surface area contributed by atoms with Gasteiger partial charge in [-0.3, -0.25) is 4.79 Å². The highest BCUT2D eigenvalue weighted by Gasteiger charge is 2.53. The molecule has 0 aromatic heterocycles. The minimum absolute atomic E-state index is 0.0954. The van der Waals surface area contributed by atoms with Crippen LogP contribution in [0.3, 0.4) is 0 Å². The van der Waals surface area contributed by atoms with Gasteiger partial charge < -0.3 is 9.47 Å². The van der Waals surface area contributed by atoms with E-state index in [2.05, 4.69) is 0 Å². The zero-order valence-electron chi connectivity index (χ0n) is 19.5. The minimum Gasteiger partial charge on any atom is -0.497 e. The second kappa shape index (κ2) is 10.2. The van der Waals surface area contributed by atoms with Crippen molar-refractivity contribution < 1.29 is 19.0 Å². The van der Waals surface area contributed by atoms with E-state index in [4.69, 9.17) is 37.8 Å². The lowest BCUT2D eigenvalue weighted by molar-refractivity contribution is -0.526. The van der Waals surface area contributed by atoms with Crippen LogP contribution in [-0.4, -0.2) is 30.7 Å². The molecule has 1 aliphatic heterocycles. The Labute approximate surface area is 209 Å². The number of halogens is 2. The number of carbonyl (C=O) groups is 1. The number of ether oxygens (including phenoxy) is 2. The van der Waals surface area contributed by atoms with Gasteiger partial charge in [-0.2, -0.15) is 0 Å². The Balaban J connectivity index is 1.94. The molecule has 0 N–H and O–H groups in total. The average molecular weight is 498 g/mol. The Kier molecular flexibility index (Phi) is 7.24. The summed E-state index contributed by atoms with van der Waals surface area (Å²) < 4.78 is 12.9. The van der Waals surface area contributed by atoms with E-state index >= 15 is 0 Å². The number of hydrogen-bond acceptors (Lipinski definition) is 4. The zero-order valence-corrected chi connectivity index (χ0v) is 21.0. The minimum atomic E-state index is -0.538. The molecule has 3 aromatic carbocycles. The number of nitrogens with zero attached hydrogens (tertiary/aromatic N) is 2. The third kappa shape index (κ3) is 4.68.